The van der Waals surface area contributed by atoms with Gasteiger partial charge in [0.05, 0.1) is 11.1 Å². The van der Waals surface area contributed by atoms with Crippen molar-refractivity contribution >= 4 is 17.6 Å². The van der Waals surface area contributed by atoms with Crippen molar-refractivity contribution in [3.63, 3.8) is 0 Å². The number of rotatable bonds is 3. The molecule has 1 saturated carbocycles. The largest absolute Gasteiger partial charge is 0.368 e. The van der Waals surface area contributed by atoms with E-state index in [0.717, 1.165) is 19.3 Å². The van der Waals surface area contributed by atoms with E-state index in [1.807, 2.05) is 0 Å². The van der Waals surface area contributed by atoms with Crippen molar-refractivity contribution < 1.29 is 14.0 Å². The standard InChI is InChI=1S/C20H20FN4O2/c21-14-6-4-13(5-7-14)15-10-17(24-12-23-15)25-16(18(22)26)11-20(19(25)27)8-2-1-3-9-20/h2,4-7,10,12,16H,1,3,8-9,11H2,(H2,22,26). The summed E-state index contributed by atoms with van der Waals surface area (Å²) in [4.78, 5) is 35.2. The lowest BCUT2D eigenvalue weighted by molar-refractivity contribution is -0.126. The zero-order valence-corrected chi connectivity index (χ0v) is 14.8. The third kappa shape index (κ3) is 3.07. The summed E-state index contributed by atoms with van der Waals surface area (Å²) in [5.74, 6) is -0.633. The molecule has 2 heterocycles. The molecule has 1 aliphatic heterocycles. The highest BCUT2D eigenvalue weighted by molar-refractivity contribution is 6.06. The molecule has 1 aromatic carbocycles. The van der Waals surface area contributed by atoms with Gasteiger partial charge in [0.25, 0.3) is 0 Å². The smallest absolute Gasteiger partial charge is 0.240 e. The Morgan fingerprint density at radius 1 is 1.26 bits per heavy atom. The zero-order valence-electron chi connectivity index (χ0n) is 14.8. The van der Waals surface area contributed by atoms with E-state index in [1.165, 1.54) is 23.4 Å². The lowest BCUT2D eigenvalue weighted by Crippen LogP contribution is -2.43. The molecule has 1 aliphatic carbocycles. The number of hydrogen-bond donors (Lipinski definition) is 1. The van der Waals surface area contributed by atoms with Crippen molar-refractivity contribution in [3.05, 3.63) is 48.9 Å². The van der Waals surface area contributed by atoms with E-state index >= 15 is 0 Å². The van der Waals surface area contributed by atoms with Crippen LogP contribution in [0.15, 0.2) is 36.7 Å². The maximum absolute atomic E-state index is 13.3. The molecule has 2 aliphatic rings. The first-order chi connectivity index (χ1) is 13.0. The average molecular weight is 367 g/mol. The van der Waals surface area contributed by atoms with Gasteiger partial charge in [0, 0.05) is 11.6 Å². The first-order valence-electron chi connectivity index (χ1n) is 9.03. The molecular weight excluding hydrogens is 347 g/mol. The summed E-state index contributed by atoms with van der Waals surface area (Å²) in [6.45, 7) is 0. The SMILES string of the molecule is NC(=O)C1CC2(C[CH]CCC2)C(=O)N1c1cc(-c2ccc(F)cc2)ncn1. The maximum Gasteiger partial charge on any atom is 0.240 e. The summed E-state index contributed by atoms with van der Waals surface area (Å²) >= 11 is 0. The lowest BCUT2D eigenvalue weighted by Gasteiger charge is -2.31. The Morgan fingerprint density at radius 2 is 2.04 bits per heavy atom. The fraction of sp³-hybridized carbons (Fsp3) is 0.350. The Balaban J connectivity index is 1.72. The first-order valence-corrected chi connectivity index (χ1v) is 9.03. The van der Waals surface area contributed by atoms with Crippen LogP contribution in [0.3, 0.4) is 0 Å². The van der Waals surface area contributed by atoms with Crippen molar-refractivity contribution in [2.45, 2.75) is 38.1 Å². The molecular formula is C20H20FN4O2. The molecule has 2 N–H and O–H groups in total. The highest BCUT2D eigenvalue weighted by atomic mass is 19.1. The second-order valence-electron chi connectivity index (χ2n) is 7.23. The number of halogens is 1. The van der Waals surface area contributed by atoms with Crippen LogP contribution in [0.5, 0.6) is 0 Å². The summed E-state index contributed by atoms with van der Waals surface area (Å²) in [7, 11) is 0. The minimum Gasteiger partial charge on any atom is -0.368 e. The van der Waals surface area contributed by atoms with Gasteiger partial charge in [-0.3, -0.25) is 14.5 Å². The molecule has 2 atom stereocenters. The van der Waals surface area contributed by atoms with Crippen LogP contribution < -0.4 is 10.6 Å². The summed E-state index contributed by atoms with van der Waals surface area (Å²) < 4.78 is 13.2. The number of nitrogens with two attached hydrogens (primary N) is 1. The maximum atomic E-state index is 13.3. The highest BCUT2D eigenvalue weighted by Crippen LogP contribution is 2.48. The molecule has 1 aromatic heterocycles. The predicted molar refractivity (Wildman–Crippen MR) is 97.7 cm³/mol. The van der Waals surface area contributed by atoms with Gasteiger partial charge in [0.1, 0.15) is 24.0 Å². The molecule has 6 nitrogen and oxygen atoms in total. The molecule has 0 bridgehead atoms. The molecule has 27 heavy (non-hydrogen) atoms. The van der Waals surface area contributed by atoms with Crippen LogP contribution in [0, 0.1) is 17.7 Å². The Morgan fingerprint density at radius 3 is 2.70 bits per heavy atom. The van der Waals surface area contributed by atoms with Gasteiger partial charge < -0.3 is 5.73 Å². The van der Waals surface area contributed by atoms with E-state index in [0.29, 0.717) is 29.9 Å². The summed E-state index contributed by atoms with van der Waals surface area (Å²) in [6.07, 6.45) is 7.19. The third-order valence-electron chi connectivity index (χ3n) is 5.53. The minimum atomic E-state index is -0.722. The molecule has 2 amide bonds. The molecule has 1 radical (unpaired) electrons. The first kappa shape index (κ1) is 17.6. The molecule has 139 valence electrons. The van der Waals surface area contributed by atoms with Crippen LogP contribution in [0.1, 0.15) is 32.1 Å². The van der Waals surface area contributed by atoms with E-state index in [9.17, 15) is 14.0 Å². The van der Waals surface area contributed by atoms with Gasteiger partial charge in [-0.15, -0.1) is 0 Å². The highest BCUT2D eigenvalue weighted by Gasteiger charge is 2.54. The molecule has 1 spiro atoms. The van der Waals surface area contributed by atoms with E-state index in [4.69, 9.17) is 5.73 Å². The molecule has 2 unspecified atom stereocenters. The van der Waals surface area contributed by atoms with E-state index in [1.54, 1.807) is 18.2 Å². The van der Waals surface area contributed by atoms with E-state index in [-0.39, 0.29) is 11.7 Å². The second-order valence-corrected chi connectivity index (χ2v) is 7.23. The van der Waals surface area contributed by atoms with Gasteiger partial charge in [0.15, 0.2) is 0 Å². The Hall–Kier alpha value is -2.83. The van der Waals surface area contributed by atoms with Crippen molar-refractivity contribution in [1.29, 1.82) is 0 Å². The number of primary amides is 1. The van der Waals surface area contributed by atoms with Gasteiger partial charge in [-0.2, -0.15) is 0 Å². The Labute approximate surface area is 156 Å². The number of carbonyl (C=O) groups is 2. The van der Waals surface area contributed by atoms with E-state index < -0.39 is 17.4 Å². The molecule has 7 heteroatoms. The van der Waals surface area contributed by atoms with Gasteiger partial charge in [-0.05, 0) is 49.9 Å². The van der Waals surface area contributed by atoms with Crippen LogP contribution in [-0.4, -0.2) is 27.8 Å². The number of aromatic nitrogens is 2. The second kappa shape index (κ2) is 6.72. The van der Waals surface area contributed by atoms with Gasteiger partial charge in [-0.1, -0.05) is 12.8 Å². The average Bonchev–Trinajstić information content (AvgIpc) is 2.96. The Kier molecular flexibility index (Phi) is 4.37. The van der Waals surface area contributed by atoms with Crippen LogP contribution in [-0.2, 0) is 9.59 Å². The fourth-order valence-electron chi connectivity index (χ4n) is 4.14. The van der Waals surface area contributed by atoms with Crippen molar-refractivity contribution in [2.24, 2.45) is 11.1 Å². The molecule has 2 aromatic rings. The fourth-order valence-corrected chi connectivity index (χ4v) is 4.14. The molecule has 1 saturated heterocycles. The van der Waals surface area contributed by atoms with Crippen LogP contribution in [0.4, 0.5) is 10.2 Å². The number of benzene rings is 1. The summed E-state index contributed by atoms with van der Waals surface area (Å²) in [6, 6.07) is 6.83. The normalized spacial score (nSPS) is 21.6. The topological polar surface area (TPSA) is 89.2 Å². The number of hydrogen-bond acceptors (Lipinski definition) is 4. The minimum absolute atomic E-state index is 0.106. The lowest BCUT2D eigenvalue weighted by atomic mass is 9.72. The number of amides is 2. The van der Waals surface area contributed by atoms with Crippen molar-refractivity contribution in [1.82, 2.24) is 9.97 Å². The van der Waals surface area contributed by atoms with Crippen LogP contribution in [0.25, 0.3) is 11.3 Å². The quantitative estimate of drug-likeness (QED) is 0.903. The zero-order chi connectivity index (χ0) is 19.0. The molecule has 4 rings (SSSR count). The number of anilines is 1. The predicted octanol–water partition coefficient (Wildman–Crippen LogP) is 2.64. The van der Waals surface area contributed by atoms with Crippen LogP contribution in [0.2, 0.25) is 0 Å². The van der Waals surface area contributed by atoms with E-state index in [2.05, 4.69) is 16.4 Å². The van der Waals surface area contributed by atoms with Gasteiger partial charge in [0.2, 0.25) is 11.8 Å². The van der Waals surface area contributed by atoms with Gasteiger partial charge in [-0.25, -0.2) is 14.4 Å². The number of nitrogens with zero attached hydrogens (tertiary/aromatic N) is 3. The monoisotopic (exact) mass is 367 g/mol. The summed E-state index contributed by atoms with van der Waals surface area (Å²) in [5, 5.41) is 0. The Bertz CT molecular complexity index is 878. The third-order valence-corrected chi connectivity index (χ3v) is 5.53. The van der Waals surface area contributed by atoms with Crippen molar-refractivity contribution in [3.8, 4) is 11.3 Å². The number of carbonyl (C=O) groups excluding carboxylic acids is 2. The van der Waals surface area contributed by atoms with Crippen LogP contribution >= 0.6 is 0 Å². The molecule has 2 fully saturated rings. The van der Waals surface area contributed by atoms with Crippen molar-refractivity contribution in [2.75, 3.05) is 4.90 Å². The summed E-state index contributed by atoms with van der Waals surface area (Å²) in [5.41, 5.74) is 6.29. The van der Waals surface area contributed by atoms with Gasteiger partial charge >= 0.3 is 0 Å².